The van der Waals surface area contributed by atoms with Crippen LogP contribution in [0.1, 0.15) is 17.5 Å². The number of hydrogen-bond donors (Lipinski definition) is 3. The molecule has 2 atom stereocenters. The molecular weight excluding hydrogens is 378 g/mol. The lowest BCUT2D eigenvalue weighted by atomic mass is 10.00. The van der Waals surface area contributed by atoms with Crippen LogP contribution in [0.4, 0.5) is 5.69 Å². The Labute approximate surface area is 176 Å². The van der Waals surface area contributed by atoms with Gasteiger partial charge >= 0.3 is 0 Å². The highest BCUT2D eigenvalue weighted by atomic mass is 16.3. The first-order chi connectivity index (χ1) is 14.7. The molecule has 1 amide bonds. The van der Waals surface area contributed by atoms with E-state index in [9.17, 15) is 9.90 Å². The van der Waals surface area contributed by atoms with Crippen LogP contribution in [0.25, 0.3) is 0 Å². The summed E-state index contributed by atoms with van der Waals surface area (Å²) in [5.41, 5.74) is 4.26. The maximum atomic E-state index is 12.6. The molecule has 1 aromatic heterocycles. The number of benzene rings is 1. The molecule has 7 nitrogen and oxygen atoms in total. The third kappa shape index (κ3) is 5.31. The van der Waals surface area contributed by atoms with Crippen molar-refractivity contribution in [3.8, 4) is 0 Å². The van der Waals surface area contributed by atoms with E-state index in [1.54, 1.807) is 24.7 Å². The van der Waals surface area contributed by atoms with Crippen LogP contribution in [0, 0.1) is 0 Å². The Morgan fingerprint density at radius 1 is 1.20 bits per heavy atom. The number of carbonyl (C=O) groups excluding carboxylic acids is 1. The molecule has 1 unspecified atom stereocenters. The molecule has 0 fully saturated rings. The fourth-order valence-corrected chi connectivity index (χ4v) is 3.86. The molecule has 1 aromatic carbocycles. The van der Waals surface area contributed by atoms with Gasteiger partial charge in [-0.2, -0.15) is 0 Å². The Balaban J connectivity index is 1.22. The number of dihydropyridines is 1. The smallest absolute Gasteiger partial charge is 0.247 e. The van der Waals surface area contributed by atoms with E-state index in [-0.39, 0.29) is 18.6 Å². The van der Waals surface area contributed by atoms with E-state index in [1.807, 2.05) is 12.1 Å². The van der Waals surface area contributed by atoms with Gasteiger partial charge in [0.2, 0.25) is 5.91 Å². The lowest BCUT2D eigenvalue weighted by Crippen LogP contribution is -2.42. The van der Waals surface area contributed by atoms with E-state index in [2.05, 4.69) is 49.8 Å². The van der Waals surface area contributed by atoms with Gasteiger partial charge in [-0.15, -0.1) is 0 Å². The van der Waals surface area contributed by atoms with Crippen LogP contribution in [0.15, 0.2) is 65.4 Å². The van der Waals surface area contributed by atoms with Crippen LogP contribution >= 0.6 is 0 Å². The highest BCUT2D eigenvalue weighted by Crippen LogP contribution is 2.19. The molecule has 4 rings (SSSR count). The second-order valence-corrected chi connectivity index (χ2v) is 7.71. The molecule has 0 spiro atoms. The highest BCUT2D eigenvalue weighted by Gasteiger charge is 2.21. The number of rotatable bonds is 7. The van der Waals surface area contributed by atoms with E-state index in [0.717, 1.165) is 25.2 Å². The number of fused-ring (bicyclic) bond motifs is 1. The van der Waals surface area contributed by atoms with Crippen LogP contribution in [0.2, 0.25) is 0 Å². The standard InChI is InChI=1S/C23H27N5O2/c29-21(16-28-12-8-17-3-1-2-4-19(17)15-28)14-26-23(30)18-5-11-25-22(13-18)27-20-6-9-24-10-7-20/h1-7,9-11,21-22,29H,8,12-16H2,(H,24,27)(H,26,30)/t21-,22?/m0/s1. The average molecular weight is 406 g/mol. The minimum absolute atomic E-state index is 0.161. The number of aliphatic hydroxyl groups excluding tert-OH is 1. The molecular formula is C23H27N5O2. The number of nitrogens with one attached hydrogen (secondary N) is 2. The van der Waals surface area contributed by atoms with Gasteiger partial charge in [0.25, 0.3) is 0 Å². The zero-order chi connectivity index (χ0) is 20.8. The monoisotopic (exact) mass is 405 g/mol. The van der Waals surface area contributed by atoms with E-state index in [1.165, 1.54) is 11.1 Å². The molecule has 0 saturated heterocycles. The third-order valence-electron chi connectivity index (χ3n) is 5.44. The molecule has 2 aliphatic heterocycles. The summed E-state index contributed by atoms with van der Waals surface area (Å²) in [5, 5.41) is 16.6. The summed E-state index contributed by atoms with van der Waals surface area (Å²) in [6.45, 7) is 2.53. The number of pyridine rings is 1. The number of amides is 1. The fourth-order valence-electron chi connectivity index (χ4n) is 3.86. The van der Waals surface area contributed by atoms with Gasteiger partial charge in [-0.3, -0.25) is 19.7 Å². The number of hydrogen-bond acceptors (Lipinski definition) is 6. The van der Waals surface area contributed by atoms with Gasteiger partial charge in [0.05, 0.1) is 6.10 Å². The van der Waals surface area contributed by atoms with Crippen molar-refractivity contribution in [3.05, 3.63) is 71.6 Å². The zero-order valence-electron chi connectivity index (χ0n) is 16.9. The minimum Gasteiger partial charge on any atom is -0.390 e. The number of aromatic nitrogens is 1. The van der Waals surface area contributed by atoms with Crippen molar-refractivity contribution in [2.75, 3.05) is 25.0 Å². The molecule has 0 saturated carbocycles. The van der Waals surface area contributed by atoms with Crippen molar-refractivity contribution < 1.29 is 9.90 Å². The molecule has 0 aliphatic carbocycles. The summed E-state index contributed by atoms with van der Waals surface area (Å²) in [6, 6.07) is 12.2. The number of aliphatic hydroxyl groups is 1. The summed E-state index contributed by atoms with van der Waals surface area (Å²) < 4.78 is 0. The molecule has 3 heterocycles. The molecule has 0 bridgehead atoms. The van der Waals surface area contributed by atoms with Crippen LogP contribution in [-0.2, 0) is 17.8 Å². The van der Waals surface area contributed by atoms with Crippen molar-refractivity contribution in [3.63, 3.8) is 0 Å². The maximum Gasteiger partial charge on any atom is 0.247 e. The van der Waals surface area contributed by atoms with Crippen LogP contribution < -0.4 is 10.6 Å². The Morgan fingerprint density at radius 2 is 2.00 bits per heavy atom. The lowest BCUT2D eigenvalue weighted by molar-refractivity contribution is -0.118. The third-order valence-corrected chi connectivity index (χ3v) is 5.44. The number of carbonyl (C=O) groups is 1. The first kappa shape index (κ1) is 20.3. The van der Waals surface area contributed by atoms with Gasteiger partial charge in [-0.25, -0.2) is 0 Å². The summed E-state index contributed by atoms with van der Waals surface area (Å²) in [5.74, 6) is -0.161. The van der Waals surface area contributed by atoms with Crippen LogP contribution in [0.5, 0.6) is 0 Å². The molecule has 0 radical (unpaired) electrons. The second kappa shape index (κ2) is 9.65. The SMILES string of the molecule is O=C(NC[C@H](O)CN1CCc2ccccc2C1)C1=CC=NC(Nc2ccncc2)C1. The normalized spacial score (nSPS) is 19.5. The fraction of sp³-hybridized carbons (Fsp3) is 0.348. The van der Waals surface area contributed by atoms with Crippen molar-refractivity contribution >= 4 is 17.8 Å². The second-order valence-electron chi connectivity index (χ2n) is 7.71. The number of β-amino-alcohol motifs (C(OH)–C–C–N with tert-alkyl or cyclic N) is 1. The average Bonchev–Trinajstić information content (AvgIpc) is 2.78. The zero-order valence-corrected chi connectivity index (χ0v) is 16.9. The minimum atomic E-state index is -0.609. The topological polar surface area (TPSA) is 89.9 Å². The Kier molecular flexibility index (Phi) is 6.51. The summed E-state index contributed by atoms with van der Waals surface area (Å²) >= 11 is 0. The largest absolute Gasteiger partial charge is 0.390 e. The van der Waals surface area contributed by atoms with E-state index in [4.69, 9.17) is 0 Å². The summed E-state index contributed by atoms with van der Waals surface area (Å²) in [4.78, 5) is 23.2. The van der Waals surface area contributed by atoms with E-state index < -0.39 is 6.10 Å². The number of nitrogens with zero attached hydrogens (tertiary/aromatic N) is 3. The predicted octanol–water partition coefficient (Wildman–Crippen LogP) is 1.76. The van der Waals surface area contributed by atoms with Gasteiger partial charge in [-0.1, -0.05) is 24.3 Å². The van der Waals surface area contributed by atoms with Crippen LogP contribution in [-0.4, -0.2) is 59.0 Å². The van der Waals surface area contributed by atoms with Gasteiger partial charge in [-0.05, 0) is 35.8 Å². The van der Waals surface area contributed by atoms with Gasteiger partial charge in [0.1, 0.15) is 6.17 Å². The molecule has 156 valence electrons. The van der Waals surface area contributed by atoms with Crippen LogP contribution in [0.3, 0.4) is 0 Å². The molecule has 30 heavy (non-hydrogen) atoms. The number of allylic oxidation sites excluding steroid dienone is 1. The van der Waals surface area contributed by atoms with Gasteiger partial charge in [0.15, 0.2) is 0 Å². The van der Waals surface area contributed by atoms with Gasteiger partial charge < -0.3 is 15.7 Å². The van der Waals surface area contributed by atoms with Crippen molar-refractivity contribution in [2.24, 2.45) is 4.99 Å². The van der Waals surface area contributed by atoms with Crippen molar-refractivity contribution in [2.45, 2.75) is 31.7 Å². The highest BCUT2D eigenvalue weighted by molar-refractivity contribution is 5.98. The maximum absolute atomic E-state index is 12.6. The first-order valence-corrected chi connectivity index (χ1v) is 10.3. The van der Waals surface area contributed by atoms with E-state index in [0.29, 0.717) is 18.5 Å². The molecule has 7 heteroatoms. The van der Waals surface area contributed by atoms with Gasteiger partial charge in [0, 0.05) is 62.5 Å². The Hall–Kier alpha value is -3.03. The molecule has 2 aliphatic rings. The van der Waals surface area contributed by atoms with E-state index >= 15 is 0 Å². The first-order valence-electron chi connectivity index (χ1n) is 10.3. The predicted molar refractivity (Wildman–Crippen MR) is 117 cm³/mol. The Bertz CT molecular complexity index is 928. The summed E-state index contributed by atoms with van der Waals surface area (Å²) in [6.07, 6.45) is 7.48. The molecule has 2 aromatic rings. The summed E-state index contributed by atoms with van der Waals surface area (Å²) in [7, 11) is 0. The number of aliphatic imine (C=N–C) groups is 1. The van der Waals surface area contributed by atoms with Crippen molar-refractivity contribution in [1.82, 2.24) is 15.2 Å². The lowest BCUT2D eigenvalue weighted by Gasteiger charge is -2.30. The quantitative estimate of drug-likeness (QED) is 0.653. The number of anilines is 1. The Morgan fingerprint density at radius 3 is 2.83 bits per heavy atom. The molecule has 3 N–H and O–H groups in total. The van der Waals surface area contributed by atoms with Crippen molar-refractivity contribution in [1.29, 1.82) is 0 Å².